The Labute approximate surface area is 552 Å². The van der Waals surface area contributed by atoms with E-state index in [1.807, 2.05) is 30.3 Å². The summed E-state index contributed by atoms with van der Waals surface area (Å²) in [5.41, 5.74) is 16.3. The first kappa shape index (κ1) is 69.5. The van der Waals surface area contributed by atoms with Crippen LogP contribution < -0.4 is 43.4 Å². The van der Waals surface area contributed by atoms with Crippen molar-refractivity contribution < 1.29 is 57.0 Å². The Hall–Kier alpha value is -8.87. The van der Waals surface area contributed by atoms with Crippen molar-refractivity contribution in [3.05, 3.63) is 178 Å². The van der Waals surface area contributed by atoms with Gasteiger partial charge in [0, 0.05) is 90.9 Å². The van der Waals surface area contributed by atoms with Crippen LogP contribution in [0.15, 0.2) is 121 Å². The maximum atomic E-state index is 15.0. The number of unbranched alkanes of at least 4 members (excludes halogenated alkanes) is 1. The number of aromatic hydroxyl groups is 1. The Balaban J connectivity index is 1.02. The number of nitrogens with one attached hydrogen (secondary N) is 7. The number of amides is 8. The van der Waals surface area contributed by atoms with Gasteiger partial charge in [0.05, 0.1) is 11.5 Å². The number of hydrogen-bond acceptors (Lipinski definition) is 13. The summed E-state index contributed by atoms with van der Waals surface area (Å²) in [4.78, 5) is 133. The van der Waals surface area contributed by atoms with E-state index in [1.54, 1.807) is 43.5 Å². The van der Waals surface area contributed by atoms with Crippen LogP contribution in [0.1, 0.15) is 115 Å². The lowest BCUT2D eigenvalue weighted by molar-refractivity contribution is -0.145. The van der Waals surface area contributed by atoms with Crippen LogP contribution in [-0.4, -0.2) is 128 Å². The average Bonchev–Trinajstić information content (AvgIpc) is 1.60. The number of nitrogens with zero attached hydrogens (tertiary/aromatic N) is 1. The molecule has 496 valence electrons. The highest BCUT2D eigenvalue weighted by Gasteiger charge is 2.48. The number of benzene rings is 5. The minimum absolute atomic E-state index is 0.0132. The fraction of sp³-hybridized carbons (Fsp3) is 0.386. The van der Waals surface area contributed by atoms with E-state index in [-0.39, 0.29) is 74.5 Å². The molecule has 7 atom stereocenters. The number of primary amides is 1. The SMILES string of the molecule is C[C@H]1NC(=O)[C@H](CCCCN)NC(=O)CCSCc2cccc(c2)CSC[C@@H](C(N)=O)CC(=O)[C@]2(C)CCCN2C(=O)[C@H](Cc2ccc(O)cc2)NC(=O)c2cccc(c2)CNC(=O)[C@H](CC2=CCc3ccc(F)cc32)NC(=O)[C@H](Cc2c[nH]c3ccc(F)cc23)NC1=O. The predicted octanol–water partition coefficient (Wildman–Crippen LogP) is 6.48. The van der Waals surface area contributed by atoms with Crippen LogP contribution in [0.4, 0.5) is 8.78 Å². The number of rotatable bonds is 11. The molecule has 1 aromatic heterocycles. The van der Waals surface area contributed by atoms with Crippen LogP contribution in [0.2, 0.25) is 0 Å². The van der Waals surface area contributed by atoms with Crippen molar-refractivity contribution in [1.29, 1.82) is 0 Å². The molecule has 1 saturated heterocycles. The van der Waals surface area contributed by atoms with Gasteiger partial charge in [-0.25, -0.2) is 8.78 Å². The van der Waals surface area contributed by atoms with Gasteiger partial charge in [-0.1, -0.05) is 60.7 Å². The second-order valence-corrected chi connectivity index (χ2v) is 26.6. The summed E-state index contributed by atoms with van der Waals surface area (Å²) in [6.07, 6.45) is 5.26. The molecule has 0 saturated carbocycles. The molecule has 20 nitrogen and oxygen atoms in total. The third-order valence-corrected chi connectivity index (χ3v) is 19.7. The van der Waals surface area contributed by atoms with Crippen LogP contribution in [0.3, 0.4) is 0 Å². The molecule has 8 amide bonds. The molecule has 1 aliphatic carbocycles. The lowest BCUT2D eigenvalue weighted by Crippen LogP contribution is -2.58. The summed E-state index contributed by atoms with van der Waals surface area (Å²) in [7, 11) is 0. The first-order valence-electron chi connectivity index (χ1n) is 31.6. The molecule has 4 bridgehead atoms. The predicted molar refractivity (Wildman–Crippen MR) is 357 cm³/mol. The molecule has 12 N–H and O–H groups in total. The Kier molecular flexibility index (Phi) is 23.9. The highest BCUT2D eigenvalue weighted by Crippen LogP contribution is 2.35. The Bertz CT molecular complexity index is 3830. The summed E-state index contributed by atoms with van der Waals surface area (Å²) in [6.45, 7) is 3.42. The molecule has 2 aliphatic heterocycles. The Morgan fingerprint density at radius 1 is 0.723 bits per heavy atom. The van der Waals surface area contributed by atoms with Crippen LogP contribution in [0.5, 0.6) is 5.75 Å². The fourth-order valence-electron chi connectivity index (χ4n) is 12.1. The standard InChI is InChI=1S/C70H80F2N10O10S2/c1-41-64(87)79-59(32-49-37-75-56-22-19-52(72)35-55(49)56)68(91)80-58(31-47-16-15-46-17-18-51(71)34-54(46)47)66(89)76-36-43-8-6-11-48(29-43)65(88)81-60(30-42-13-20-53(83)21-14-42)69(92)82-26-7-24-70(82,2)61(84)33-50(63(74)86)40-94-39-45-10-5-9-44(28-45)38-93-27-23-62(85)78-57(67(90)77-41)12-3-4-25-73/h5-6,8-11,13-14,16-22,28-29,34-35,37,41,50,57-60,75,83H,3-4,7,12,15,23-27,30-33,36,38-40,73H2,1-2H3,(H2,74,86)(H,76,89)(H,77,90)(H,78,85)(H,79,87)(H,80,91)(H,81,88)/t41-,50+,57+,58+,59+,60+,70+/m1/s1. The van der Waals surface area contributed by atoms with Crippen molar-refractivity contribution in [1.82, 2.24) is 41.8 Å². The highest BCUT2D eigenvalue weighted by atomic mass is 32.2. The highest BCUT2D eigenvalue weighted by molar-refractivity contribution is 7.98. The van der Waals surface area contributed by atoms with E-state index in [4.69, 9.17) is 11.5 Å². The number of phenols is 1. The average molecular weight is 1320 g/mol. The summed E-state index contributed by atoms with van der Waals surface area (Å²) < 4.78 is 29.7. The molecular formula is C70H80F2N10O10S2. The lowest BCUT2D eigenvalue weighted by Gasteiger charge is -2.37. The quantitative estimate of drug-likeness (QED) is 0.0622. The van der Waals surface area contributed by atoms with E-state index in [0.717, 1.165) is 16.7 Å². The normalized spacial score (nSPS) is 22.9. The number of Topliss-reactive ketones (excluding diaryl/α,β-unsaturated/α-hetero) is 1. The Morgan fingerprint density at radius 3 is 2.19 bits per heavy atom. The third kappa shape index (κ3) is 18.3. The van der Waals surface area contributed by atoms with Crippen molar-refractivity contribution in [3.8, 4) is 5.75 Å². The minimum atomic E-state index is -1.46. The number of carbonyl (C=O) groups excluding carboxylic acids is 9. The number of fused-ring (bicyclic) bond motifs is 7. The molecule has 0 spiro atoms. The molecule has 0 radical (unpaired) electrons. The first-order valence-corrected chi connectivity index (χ1v) is 33.9. The number of nitrogens with two attached hydrogens (primary N) is 2. The molecule has 6 aromatic rings. The van der Waals surface area contributed by atoms with Crippen LogP contribution >= 0.6 is 23.5 Å². The van der Waals surface area contributed by atoms with Gasteiger partial charge in [0.25, 0.3) is 5.91 Å². The zero-order valence-electron chi connectivity index (χ0n) is 52.5. The first-order chi connectivity index (χ1) is 45.1. The van der Waals surface area contributed by atoms with Gasteiger partial charge < -0.3 is 58.4 Å². The zero-order chi connectivity index (χ0) is 67.1. The van der Waals surface area contributed by atoms with Gasteiger partial charge >= 0.3 is 0 Å². The van der Waals surface area contributed by atoms with Crippen LogP contribution in [-0.2, 0) is 75.7 Å². The van der Waals surface area contributed by atoms with Crippen molar-refractivity contribution in [3.63, 3.8) is 0 Å². The second-order valence-electron chi connectivity index (χ2n) is 24.5. The molecule has 3 aliphatic rings. The number of carbonyl (C=O) groups is 9. The van der Waals surface area contributed by atoms with E-state index in [0.29, 0.717) is 94.6 Å². The number of thioether (sulfide) groups is 2. The number of ketones is 1. The smallest absolute Gasteiger partial charge is 0.251 e. The topological polar surface area (TPSA) is 317 Å². The summed E-state index contributed by atoms with van der Waals surface area (Å²) in [5, 5.41) is 27.5. The number of allylic oxidation sites excluding steroid dienone is 1. The molecule has 9 rings (SSSR count). The number of hydrogen-bond donors (Lipinski definition) is 10. The molecule has 24 heteroatoms. The van der Waals surface area contributed by atoms with Gasteiger partial charge in [-0.3, -0.25) is 43.2 Å². The fourth-order valence-corrected chi connectivity index (χ4v) is 14.1. The zero-order valence-corrected chi connectivity index (χ0v) is 54.2. The van der Waals surface area contributed by atoms with E-state index >= 15 is 0 Å². The monoisotopic (exact) mass is 1320 g/mol. The molecule has 3 heterocycles. The summed E-state index contributed by atoms with van der Waals surface area (Å²) >= 11 is 2.95. The molecule has 5 aromatic carbocycles. The number of halogens is 2. The van der Waals surface area contributed by atoms with Crippen molar-refractivity contribution in [2.75, 3.05) is 24.6 Å². The van der Waals surface area contributed by atoms with Gasteiger partial charge in [-0.15, -0.1) is 0 Å². The van der Waals surface area contributed by atoms with Gasteiger partial charge in [0.15, 0.2) is 5.78 Å². The largest absolute Gasteiger partial charge is 0.508 e. The van der Waals surface area contributed by atoms with Crippen molar-refractivity contribution in [2.24, 2.45) is 17.4 Å². The molecule has 94 heavy (non-hydrogen) atoms. The Morgan fingerprint density at radius 2 is 1.43 bits per heavy atom. The summed E-state index contributed by atoms with van der Waals surface area (Å²) in [5.74, 6) is -5.88. The summed E-state index contributed by atoms with van der Waals surface area (Å²) in [6, 6.07) is 22.3. The third-order valence-electron chi connectivity index (χ3n) is 17.5. The van der Waals surface area contributed by atoms with E-state index in [1.165, 1.54) is 89.9 Å². The number of phenolic OH excluding ortho intramolecular Hbond substituents is 1. The van der Waals surface area contributed by atoms with Crippen LogP contribution in [0, 0.1) is 17.6 Å². The lowest BCUT2D eigenvalue weighted by atomic mass is 9.86. The van der Waals surface area contributed by atoms with Crippen molar-refractivity contribution >= 4 is 93.0 Å². The van der Waals surface area contributed by atoms with Gasteiger partial charge in [0.1, 0.15) is 47.6 Å². The molecular weight excluding hydrogens is 1240 g/mol. The van der Waals surface area contributed by atoms with Crippen LogP contribution in [0.25, 0.3) is 16.5 Å². The van der Waals surface area contributed by atoms with E-state index < -0.39 is 101 Å². The van der Waals surface area contributed by atoms with Gasteiger partial charge in [-0.05, 0) is 158 Å². The maximum absolute atomic E-state index is 15.0. The molecule has 1 fully saturated rings. The molecule has 0 unspecified atom stereocenters. The number of aromatic amines is 1. The maximum Gasteiger partial charge on any atom is 0.251 e. The minimum Gasteiger partial charge on any atom is -0.508 e. The second kappa shape index (κ2) is 32.3. The number of aromatic nitrogens is 1. The van der Waals surface area contributed by atoms with Gasteiger partial charge in [-0.2, -0.15) is 23.5 Å². The van der Waals surface area contributed by atoms with E-state index in [9.17, 15) is 57.0 Å². The van der Waals surface area contributed by atoms with E-state index in [2.05, 4.69) is 36.9 Å². The number of H-pyrrole nitrogens is 1. The van der Waals surface area contributed by atoms with Crippen molar-refractivity contribution in [2.45, 2.75) is 138 Å². The van der Waals surface area contributed by atoms with Gasteiger partial charge in [0.2, 0.25) is 41.4 Å².